The van der Waals surface area contributed by atoms with E-state index in [-0.39, 0.29) is 22.2 Å². The predicted octanol–water partition coefficient (Wildman–Crippen LogP) is 2.86. The SMILES string of the molecule is Nc1cc(-c2c(F)ccc(Cl)c2F)on1. The Morgan fingerprint density at radius 3 is 2.67 bits per heavy atom. The van der Waals surface area contributed by atoms with Gasteiger partial charge < -0.3 is 10.3 Å². The molecule has 3 nitrogen and oxygen atoms in total. The van der Waals surface area contributed by atoms with Gasteiger partial charge in [0.15, 0.2) is 17.4 Å². The molecule has 0 aliphatic heterocycles. The lowest BCUT2D eigenvalue weighted by Gasteiger charge is -2.01. The molecule has 0 saturated heterocycles. The van der Waals surface area contributed by atoms with E-state index in [1.165, 1.54) is 6.07 Å². The Balaban J connectivity index is 2.66. The Bertz CT molecular complexity index is 513. The van der Waals surface area contributed by atoms with Crippen LogP contribution in [0.2, 0.25) is 5.02 Å². The average Bonchev–Trinajstić information content (AvgIpc) is 2.59. The third kappa shape index (κ3) is 1.66. The van der Waals surface area contributed by atoms with Gasteiger partial charge in [0.05, 0.1) is 10.6 Å². The number of benzene rings is 1. The van der Waals surface area contributed by atoms with Crippen molar-refractivity contribution in [2.24, 2.45) is 0 Å². The van der Waals surface area contributed by atoms with Gasteiger partial charge in [0.25, 0.3) is 0 Å². The van der Waals surface area contributed by atoms with E-state index in [2.05, 4.69) is 9.68 Å². The molecule has 6 heteroatoms. The van der Waals surface area contributed by atoms with Crippen LogP contribution in [0.1, 0.15) is 0 Å². The Morgan fingerprint density at radius 1 is 1.33 bits per heavy atom. The van der Waals surface area contributed by atoms with Crippen LogP contribution >= 0.6 is 11.6 Å². The molecule has 2 N–H and O–H groups in total. The topological polar surface area (TPSA) is 52.0 Å². The van der Waals surface area contributed by atoms with Gasteiger partial charge in [0.2, 0.25) is 0 Å². The van der Waals surface area contributed by atoms with Gasteiger partial charge in [-0.15, -0.1) is 0 Å². The maximum absolute atomic E-state index is 13.5. The van der Waals surface area contributed by atoms with E-state index in [1.807, 2.05) is 0 Å². The van der Waals surface area contributed by atoms with Crippen LogP contribution in [0, 0.1) is 11.6 Å². The Kier molecular flexibility index (Phi) is 2.32. The van der Waals surface area contributed by atoms with Crippen molar-refractivity contribution in [2.75, 3.05) is 5.73 Å². The van der Waals surface area contributed by atoms with E-state index in [4.69, 9.17) is 17.3 Å². The lowest BCUT2D eigenvalue weighted by atomic mass is 10.1. The van der Waals surface area contributed by atoms with Crippen molar-refractivity contribution in [1.29, 1.82) is 0 Å². The molecular formula is C9H5ClF2N2O. The second kappa shape index (κ2) is 3.51. The maximum Gasteiger partial charge on any atom is 0.175 e. The Labute approximate surface area is 88.4 Å². The molecule has 0 unspecified atom stereocenters. The minimum absolute atomic E-state index is 0.0452. The van der Waals surface area contributed by atoms with Crippen LogP contribution in [0.25, 0.3) is 11.3 Å². The van der Waals surface area contributed by atoms with Crippen LogP contribution < -0.4 is 5.73 Å². The summed E-state index contributed by atoms with van der Waals surface area (Å²) in [5.74, 6) is -1.73. The number of halogens is 3. The maximum atomic E-state index is 13.5. The highest BCUT2D eigenvalue weighted by atomic mass is 35.5. The summed E-state index contributed by atoms with van der Waals surface area (Å²) in [5.41, 5.74) is 4.90. The lowest BCUT2D eigenvalue weighted by Crippen LogP contribution is -1.89. The number of nitrogens with two attached hydrogens (primary N) is 1. The first-order chi connectivity index (χ1) is 7.09. The van der Waals surface area contributed by atoms with Gasteiger partial charge in [0.1, 0.15) is 5.82 Å². The van der Waals surface area contributed by atoms with E-state index in [1.54, 1.807) is 0 Å². The number of nitrogens with zero attached hydrogens (tertiary/aromatic N) is 1. The van der Waals surface area contributed by atoms with Crippen LogP contribution in [0.5, 0.6) is 0 Å². The van der Waals surface area contributed by atoms with Crippen LogP contribution in [-0.2, 0) is 0 Å². The normalized spacial score (nSPS) is 10.6. The first-order valence-corrected chi connectivity index (χ1v) is 4.33. The van der Waals surface area contributed by atoms with Gasteiger partial charge >= 0.3 is 0 Å². The zero-order valence-corrected chi connectivity index (χ0v) is 8.05. The molecule has 0 aliphatic rings. The monoisotopic (exact) mass is 230 g/mol. The molecule has 15 heavy (non-hydrogen) atoms. The largest absolute Gasteiger partial charge is 0.381 e. The smallest absolute Gasteiger partial charge is 0.175 e. The Hall–Kier alpha value is -1.62. The summed E-state index contributed by atoms with van der Waals surface area (Å²) >= 11 is 5.51. The fraction of sp³-hybridized carbons (Fsp3) is 0. The lowest BCUT2D eigenvalue weighted by molar-refractivity contribution is 0.430. The van der Waals surface area contributed by atoms with Crippen molar-refractivity contribution in [3.05, 3.63) is 34.9 Å². The summed E-state index contributed by atoms with van der Waals surface area (Å²) in [4.78, 5) is 0. The van der Waals surface area contributed by atoms with Crippen LogP contribution in [0.4, 0.5) is 14.6 Å². The van der Waals surface area contributed by atoms with E-state index >= 15 is 0 Å². The molecule has 0 atom stereocenters. The second-order valence-corrected chi connectivity index (χ2v) is 3.24. The molecule has 0 amide bonds. The number of hydrogen-bond donors (Lipinski definition) is 1. The van der Waals surface area contributed by atoms with Crippen molar-refractivity contribution in [3.63, 3.8) is 0 Å². The highest BCUT2D eigenvalue weighted by Gasteiger charge is 2.18. The first kappa shape index (κ1) is 9.92. The summed E-state index contributed by atoms with van der Waals surface area (Å²) in [6.07, 6.45) is 0. The van der Waals surface area contributed by atoms with E-state index in [0.29, 0.717) is 0 Å². The first-order valence-electron chi connectivity index (χ1n) is 3.95. The number of anilines is 1. The summed E-state index contributed by atoms with van der Waals surface area (Å²) in [5, 5.41) is 3.14. The molecule has 1 aromatic heterocycles. The van der Waals surface area contributed by atoms with Crippen molar-refractivity contribution < 1.29 is 13.3 Å². The number of hydrogen-bond acceptors (Lipinski definition) is 3. The highest BCUT2D eigenvalue weighted by Crippen LogP contribution is 2.31. The quantitative estimate of drug-likeness (QED) is 0.767. The number of nitrogen functional groups attached to an aromatic ring is 1. The van der Waals surface area contributed by atoms with E-state index in [0.717, 1.165) is 12.1 Å². The van der Waals surface area contributed by atoms with Crippen LogP contribution in [0.15, 0.2) is 22.7 Å². The minimum Gasteiger partial charge on any atom is -0.381 e. The van der Waals surface area contributed by atoms with E-state index < -0.39 is 11.6 Å². The molecule has 0 bridgehead atoms. The molecule has 78 valence electrons. The molecule has 2 rings (SSSR count). The van der Waals surface area contributed by atoms with Gasteiger partial charge in [-0.3, -0.25) is 0 Å². The van der Waals surface area contributed by atoms with Gasteiger partial charge in [-0.2, -0.15) is 0 Å². The van der Waals surface area contributed by atoms with Crippen molar-refractivity contribution in [3.8, 4) is 11.3 Å². The molecule has 0 fully saturated rings. The molecule has 2 aromatic rings. The molecule has 1 aromatic carbocycles. The standard InChI is InChI=1S/C9H5ClF2N2O/c10-4-1-2-5(11)8(9(4)12)6-3-7(13)14-15-6/h1-3H,(H2,13,14). The van der Waals surface area contributed by atoms with Gasteiger partial charge in [-0.05, 0) is 12.1 Å². The zero-order chi connectivity index (χ0) is 11.0. The summed E-state index contributed by atoms with van der Waals surface area (Å²) in [6.45, 7) is 0. The summed E-state index contributed by atoms with van der Waals surface area (Å²) < 4.78 is 31.4. The number of aromatic nitrogens is 1. The summed E-state index contributed by atoms with van der Waals surface area (Å²) in [6, 6.07) is 3.38. The van der Waals surface area contributed by atoms with Crippen molar-refractivity contribution in [1.82, 2.24) is 5.16 Å². The molecule has 0 saturated carbocycles. The molecule has 0 radical (unpaired) electrons. The predicted molar refractivity (Wildman–Crippen MR) is 51.3 cm³/mol. The summed E-state index contributed by atoms with van der Waals surface area (Å²) in [7, 11) is 0. The second-order valence-electron chi connectivity index (χ2n) is 2.83. The van der Waals surface area contributed by atoms with Crippen molar-refractivity contribution in [2.45, 2.75) is 0 Å². The van der Waals surface area contributed by atoms with Crippen molar-refractivity contribution >= 4 is 17.4 Å². The number of rotatable bonds is 1. The van der Waals surface area contributed by atoms with Gasteiger partial charge in [-0.1, -0.05) is 16.8 Å². The van der Waals surface area contributed by atoms with E-state index in [9.17, 15) is 8.78 Å². The van der Waals surface area contributed by atoms with Crippen LogP contribution in [0.3, 0.4) is 0 Å². The molecule has 1 heterocycles. The van der Waals surface area contributed by atoms with Gasteiger partial charge in [0, 0.05) is 6.07 Å². The third-order valence-corrected chi connectivity index (χ3v) is 2.11. The average molecular weight is 231 g/mol. The van der Waals surface area contributed by atoms with Gasteiger partial charge in [-0.25, -0.2) is 8.78 Å². The fourth-order valence-corrected chi connectivity index (χ4v) is 1.32. The highest BCUT2D eigenvalue weighted by molar-refractivity contribution is 6.31. The minimum atomic E-state index is -0.896. The third-order valence-electron chi connectivity index (χ3n) is 1.82. The van der Waals surface area contributed by atoms with Crippen LogP contribution in [-0.4, -0.2) is 5.16 Å². The Morgan fingerprint density at radius 2 is 2.07 bits per heavy atom. The molecule has 0 aliphatic carbocycles. The molecule has 0 spiro atoms. The molecular weight excluding hydrogens is 226 g/mol. The zero-order valence-electron chi connectivity index (χ0n) is 7.30. The fourth-order valence-electron chi connectivity index (χ4n) is 1.16.